The number of halogens is 2. The van der Waals surface area contributed by atoms with Crippen molar-refractivity contribution >= 4 is 45.0 Å². The number of anilines is 1. The fourth-order valence-electron chi connectivity index (χ4n) is 1.08. The minimum absolute atomic E-state index is 0.0328. The Bertz CT molecular complexity index is 589. The van der Waals surface area contributed by atoms with E-state index >= 15 is 0 Å². The Hall–Kier alpha value is -1.18. The van der Waals surface area contributed by atoms with Gasteiger partial charge in [0.15, 0.2) is 5.75 Å². The average Bonchev–Trinajstić information content (AvgIpc) is 2.35. The molecule has 0 saturated heterocycles. The van der Waals surface area contributed by atoms with Gasteiger partial charge in [-0.3, -0.25) is 4.72 Å². The topological polar surface area (TPSA) is 84.5 Å². The molecule has 0 radical (unpaired) electrons. The van der Waals surface area contributed by atoms with E-state index in [1.54, 1.807) is 0 Å². The molecule has 0 bridgehead atoms. The first-order valence-corrected chi connectivity index (χ1v) is 7.59. The molecule has 9 heteroatoms. The molecule has 0 unspecified atom stereocenters. The standard InChI is InChI=1S/C10H12Cl2N2O4S/c1-3-19(16,17)14-8-4-7(12)9(5-6(8)11)18-10(15)13-2/h4-5,14H,3H2,1-2H3,(H,13,15). The lowest BCUT2D eigenvalue weighted by atomic mass is 10.3. The number of benzene rings is 1. The number of hydrogen-bond acceptors (Lipinski definition) is 4. The second-order valence-corrected chi connectivity index (χ2v) is 6.23. The van der Waals surface area contributed by atoms with E-state index in [1.807, 2.05) is 0 Å². The first-order valence-electron chi connectivity index (χ1n) is 5.18. The number of amides is 1. The van der Waals surface area contributed by atoms with Gasteiger partial charge in [-0.2, -0.15) is 0 Å². The number of sulfonamides is 1. The van der Waals surface area contributed by atoms with E-state index in [2.05, 4.69) is 10.0 Å². The number of carbonyl (C=O) groups is 1. The van der Waals surface area contributed by atoms with Crippen LogP contribution in [0, 0.1) is 0 Å². The molecule has 6 nitrogen and oxygen atoms in total. The van der Waals surface area contributed by atoms with Crippen molar-refractivity contribution in [2.24, 2.45) is 0 Å². The van der Waals surface area contributed by atoms with Crippen LogP contribution in [-0.2, 0) is 10.0 Å². The van der Waals surface area contributed by atoms with Gasteiger partial charge in [-0.25, -0.2) is 13.2 Å². The minimum Gasteiger partial charge on any atom is -0.409 e. The van der Waals surface area contributed by atoms with Crippen LogP contribution in [0.15, 0.2) is 12.1 Å². The molecule has 106 valence electrons. The zero-order valence-corrected chi connectivity index (χ0v) is 12.5. The van der Waals surface area contributed by atoms with E-state index in [9.17, 15) is 13.2 Å². The summed E-state index contributed by atoms with van der Waals surface area (Å²) in [5.41, 5.74) is 0.123. The van der Waals surface area contributed by atoms with Crippen LogP contribution in [-0.4, -0.2) is 27.3 Å². The Kier molecular flexibility index (Phi) is 5.28. The van der Waals surface area contributed by atoms with Crippen LogP contribution in [0.25, 0.3) is 0 Å². The molecule has 0 aliphatic carbocycles. The summed E-state index contributed by atoms with van der Waals surface area (Å²) in [7, 11) is -2.08. The van der Waals surface area contributed by atoms with Crippen LogP contribution < -0.4 is 14.8 Å². The van der Waals surface area contributed by atoms with Crippen molar-refractivity contribution in [3.8, 4) is 5.75 Å². The van der Waals surface area contributed by atoms with Crippen LogP contribution in [0.5, 0.6) is 5.75 Å². The zero-order chi connectivity index (χ0) is 14.6. The Morgan fingerprint density at radius 3 is 2.47 bits per heavy atom. The van der Waals surface area contributed by atoms with E-state index in [-0.39, 0.29) is 27.2 Å². The van der Waals surface area contributed by atoms with Crippen LogP contribution in [0.4, 0.5) is 10.5 Å². The van der Waals surface area contributed by atoms with Gasteiger partial charge in [-0.15, -0.1) is 0 Å². The summed E-state index contributed by atoms with van der Waals surface area (Å²) in [5.74, 6) is -0.0669. The SMILES string of the molecule is CCS(=O)(=O)Nc1cc(Cl)c(OC(=O)NC)cc1Cl. The predicted octanol–water partition coefficient (Wildman–Crippen LogP) is 2.47. The molecule has 1 amide bonds. The van der Waals surface area contributed by atoms with Crippen molar-refractivity contribution < 1.29 is 17.9 Å². The van der Waals surface area contributed by atoms with E-state index in [0.717, 1.165) is 0 Å². The van der Waals surface area contributed by atoms with Crippen LogP contribution >= 0.6 is 23.2 Å². The Morgan fingerprint density at radius 1 is 1.32 bits per heavy atom. The second-order valence-electron chi connectivity index (χ2n) is 3.41. The van der Waals surface area contributed by atoms with Crippen LogP contribution in [0.1, 0.15) is 6.92 Å². The monoisotopic (exact) mass is 326 g/mol. The summed E-state index contributed by atoms with van der Waals surface area (Å²) in [6, 6.07) is 2.53. The molecule has 1 rings (SSSR count). The quantitative estimate of drug-likeness (QED) is 0.890. The molecule has 1 aromatic carbocycles. The number of rotatable bonds is 4. The molecule has 19 heavy (non-hydrogen) atoms. The third-order valence-electron chi connectivity index (χ3n) is 2.07. The largest absolute Gasteiger partial charge is 0.412 e. The second kappa shape index (κ2) is 6.31. The Morgan fingerprint density at radius 2 is 1.95 bits per heavy atom. The van der Waals surface area contributed by atoms with Crippen LogP contribution in [0.2, 0.25) is 10.0 Å². The highest BCUT2D eigenvalue weighted by molar-refractivity contribution is 7.92. The summed E-state index contributed by atoms with van der Waals surface area (Å²) >= 11 is 11.8. The number of carbonyl (C=O) groups excluding carboxylic acids is 1. The van der Waals surface area contributed by atoms with Gasteiger partial charge in [0.2, 0.25) is 10.0 Å². The lowest BCUT2D eigenvalue weighted by Gasteiger charge is -2.11. The summed E-state index contributed by atoms with van der Waals surface area (Å²) in [5, 5.41) is 2.37. The molecule has 0 atom stereocenters. The molecule has 0 aliphatic heterocycles. The van der Waals surface area contributed by atoms with Crippen molar-refractivity contribution in [2.75, 3.05) is 17.5 Å². The van der Waals surface area contributed by atoms with Crippen LogP contribution in [0.3, 0.4) is 0 Å². The molecule has 0 aliphatic rings. The average molecular weight is 327 g/mol. The summed E-state index contributed by atoms with van der Waals surface area (Å²) in [4.78, 5) is 11.1. The van der Waals surface area contributed by atoms with Crippen molar-refractivity contribution in [1.82, 2.24) is 5.32 Å². The predicted molar refractivity (Wildman–Crippen MR) is 74.6 cm³/mol. The fourth-order valence-corrected chi connectivity index (χ4v) is 2.18. The van der Waals surface area contributed by atoms with Gasteiger partial charge in [-0.05, 0) is 13.0 Å². The highest BCUT2D eigenvalue weighted by Crippen LogP contribution is 2.34. The van der Waals surface area contributed by atoms with Gasteiger partial charge in [0.1, 0.15) is 0 Å². The maximum Gasteiger partial charge on any atom is 0.412 e. The first kappa shape index (κ1) is 15.9. The van der Waals surface area contributed by atoms with Gasteiger partial charge >= 0.3 is 6.09 Å². The van der Waals surface area contributed by atoms with E-state index in [0.29, 0.717) is 0 Å². The van der Waals surface area contributed by atoms with Crippen molar-refractivity contribution in [3.05, 3.63) is 22.2 Å². The van der Waals surface area contributed by atoms with Crippen molar-refractivity contribution in [1.29, 1.82) is 0 Å². The van der Waals surface area contributed by atoms with E-state index in [4.69, 9.17) is 27.9 Å². The molecule has 0 saturated carbocycles. The van der Waals surface area contributed by atoms with E-state index < -0.39 is 16.1 Å². The summed E-state index contributed by atoms with van der Waals surface area (Å²) < 4.78 is 30.0. The molecule has 0 spiro atoms. The highest BCUT2D eigenvalue weighted by atomic mass is 35.5. The maximum absolute atomic E-state index is 11.4. The zero-order valence-electron chi connectivity index (χ0n) is 10.2. The first-order chi connectivity index (χ1) is 8.79. The van der Waals surface area contributed by atoms with Crippen molar-refractivity contribution in [2.45, 2.75) is 6.92 Å². The number of nitrogens with one attached hydrogen (secondary N) is 2. The molecule has 0 aromatic heterocycles. The summed E-state index contributed by atoms with van der Waals surface area (Å²) in [6.45, 7) is 1.49. The molecule has 0 heterocycles. The van der Waals surface area contributed by atoms with Gasteiger partial charge in [0.05, 0.1) is 21.5 Å². The normalized spacial score (nSPS) is 10.9. The molecular weight excluding hydrogens is 315 g/mol. The third kappa shape index (κ3) is 4.45. The molecule has 2 N–H and O–H groups in total. The lowest BCUT2D eigenvalue weighted by molar-refractivity contribution is 0.203. The minimum atomic E-state index is -3.47. The Balaban J connectivity index is 3.07. The number of hydrogen-bond donors (Lipinski definition) is 2. The van der Waals surface area contributed by atoms with Gasteiger partial charge < -0.3 is 10.1 Å². The highest BCUT2D eigenvalue weighted by Gasteiger charge is 2.15. The van der Waals surface area contributed by atoms with Crippen molar-refractivity contribution in [3.63, 3.8) is 0 Å². The molecule has 1 aromatic rings. The maximum atomic E-state index is 11.4. The smallest absolute Gasteiger partial charge is 0.409 e. The lowest BCUT2D eigenvalue weighted by Crippen LogP contribution is -2.22. The number of ether oxygens (including phenoxy) is 1. The summed E-state index contributed by atoms with van der Waals surface area (Å²) in [6.07, 6.45) is -0.708. The van der Waals surface area contributed by atoms with Gasteiger partial charge in [0.25, 0.3) is 0 Å². The van der Waals surface area contributed by atoms with Gasteiger partial charge in [0, 0.05) is 13.1 Å². The van der Waals surface area contributed by atoms with Gasteiger partial charge in [-0.1, -0.05) is 23.2 Å². The fraction of sp³-hybridized carbons (Fsp3) is 0.300. The molecule has 0 fully saturated rings. The Labute approximate surface area is 121 Å². The third-order valence-corrected chi connectivity index (χ3v) is 3.97. The van der Waals surface area contributed by atoms with E-state index in [1.165, 1.54) is 26.1 Å². The molecular formula is C10H12Cl2N2O4S.